The third-order valence-electron chi connectivity index (χ3n) is 3.18. The lowest BCUT2D eigenvalue weighted by Gasteiger charge is -2.11. The lowest BCUT2D eigenvalue weighted by Crippen LogP contribution is -2.28. The first-order valence-corrected chi connectivity index (χ1v) is 6.85. The van der Waals surface area contributed by atoms with Crippen LogP contribution in [0.2, 0.25) is 0 Å². The summed E-state index contributed by atoms with van der Waals surface area (Å²) in [6.07, 6.45) is -4.02. The fourth-order valence-corrected chi connectivity index (χ4v) is 1.99. The first-order chi connectivity index (χ1) is 11.2. The van der Waals surface area contributed by atoms with Crippen molar-refractivity contribution >= 4 is 17.4 Å². The van der Waals surface area contributed by atoms with E-state index in [0.717, 1.165) is 6.07 Å². The molecule has 1 heterocycles. The molecule has 2 aromatic rings. The predicted molar refractivity (Wildman–Crippen MR) is 80.8 cm³/mol. The van der Waals surface area contributed by atoms with Crippen LogP contribution in [0.5, 0.6) is 0 Å². The molecule has 1 N–H and O–H groups in total. The fourth-order valence-electron chi connectivity index (χ4n) is 1.99. The Bertz CT molecular complexity index is 841. The third-order valence-corrected chi connectivity index (χ3v) is 3.18. The Labute approximate surface area is 134 Å². The number of anilines is 1. The van der Waals surface area contributed by atoms with Crippen LogP contribution in [0.25, 0.3) is 0 Å². The zero-order valence-corrected chi connectivity index (χ0v) is 12.6. The molecule has 0 spiro atoms. The van der Waals surface area contributed by atoms with Crippen molar-refractivity contribution in [3.05, 3.63) is 64.1 Å². The van der Waals surface area contributed by atoms with E-state index < -0.39 is 29.8 Å². The van der Waals surface area contributed by atoms with Gasteiger partial charge in [0.05, 0.1) is 5.56 Å². The lowest BCUT2D eigenvalue weighted by molar-refractivity contribution is -0.138. The number of aromatic nitrogens is 1. The first kappa shape index (κ1) is 17.5. The van der Waals surface area contributed by atoms with E-state index in [0.29, 0.717) is 28.1 Å². The summed E-state index contributed by atoms with van der Waals surface area (Å²) in [5.74, 6) is -0.877. The number of ketones is 1. The number of hydrogen-bond acceptors (Lipinski definition) is 3. The summed E-state index contributed by atoms with van der Waals surface area (Å²) in [4.78, 5) is 34.8. The van der Waals surface area contributed by atoms with Crippen LogP contribution >= 0.6 is 0 Å². The van der Waals surface area contributed by atoms with Crippen LogP contribution in [-0.4, -0.2) is 16.3 Å². The van der Waals surface area contributed by atoms with Crippen molar-refractivity contribution in [1.29, 1.82) is 0 Å². The van der Waals surface area contributed by atoms with Crippen LogP contribution < -0.4 is 10.9 Å². The Balaban J connectivity index is 2.17. The van der Waals surface area contributed by atoms with E-state index in [4.69, 9.17) is 0 Å². The number of nitrogens with zero attached hydrogens (tertiary/aromatic N) is 1. The number of pyridine rings is 1. The van der Waals surface area contributed by atoms with E-state index in [1.165, 1.54) is 19.1 Å². The van der Waals surface area contributed by atoms with Gasteiger partial charge in [0, 0.05) is 23.5 Å². The Morgan fingerprint density at radius 2 is 1.88 bits per heavy atom. The van der Waals surface area contributed by atoms with Crippen molar-refractivity contribution in [1.82, 2.24) is 4.57 Å². The van der Waals surface area contributed by atoms with Crippen LogP contribution in [0.1, 0.15) is 22.8 Å². The molecule has 126 valence electrons. The van der Waals surface area contributed by atoms with Crippen molar-refractivity contribution < 1.29 is 22.8 Å². The molecule has 0 aliphatic heterocycles. The number of amides is 1. The first-order valence-electron chi connectivity index (χ1n) is 6.85. The number of halogens is 3. The molecule has 0 saturated carbocycles. The maximum Gasteiger partial charge on any atom is 0.417 e. The summed E-state index contributed by atoms with van der Waals surface area (Å²) in [6.45, 7) is 0.788. The van der Waals surface area contributed by atoms with E-state index in [2.05, 4.69) is 5.32 Å². The summed E-state index contributed by atoms with van der Waals surface area (Å²) in [6, 6.07) is 7.51. The second-order valence-electron chi connectivity index (χ2n) is 5.07. The van der Waals surface area contributed by atoms with Gasteiger partial charge in [0.2, 0.25) is 5.91 Å². The van der Waals surface area contributed by atoms with Gasteiger partial charge in [0.25, 0.3) is 5.56 Å². The lowest BCUT2D eigenvalue weighted by atomic mass is 10.1. The average Bonchev–Trinajstić information content (AvgIpc) is 2.48. The summed E-state index contributed by atoms with van der Waals surface area (Å²) >= 11 is 0. The zero-order valence-electron chi connectivity index (χ0n) is 12.6. The number of carbonyl (C=O) groups is 2. The highest BCUT2D eigenvalue weighted by Gasteiger charge is 2.31. The highest BCUT2D eigenvalue weighted by molar-refractivity contribution is 5.97. The predicted octanol–water partition coefficient (Wildman–Crippen LogP) is 2.71. The fraction of sp³-hybridized carbons (Fsp3) is 0.188. The molecule has 0 bridgehead atoms. The van der Waals surface area contributed by atoms with Gasteiger partial charge >= 0.3 is 6.18 Å². The van der Waals surface area contributed by atoms with E-state index in [-0.39, 0.29) is 5.78 Å². The highest BCUT2D eigenvalue weighted by Crippen LogP contribution is 2.28. The standard InChI is InChI=1S/C16H13F3N2O3/c1-10(22)11-3-2-4-13(7-11)20-14(23)9-21-8-12(16(17,18)19)5-6-15(21)24/h2-8H,9H2,1H3,(H,20,23). The van der Waals surface area contributed by atoms with Gasteiger partial charge < -0.3 is 9.88 Å². The Hall–Kier alpha value is -2.90. The molecule has 0 fully saturated rings. The number of alkyl halides is 3. The molecule has 24 heavy (non-hydrogen) atoms. The minimum absolute atomic E-state index is 0.194. The third kappa shape index (κ3) is 4.31. The van der Waals surface area contributed by atoms with Gasteiger partial charge in [-0.1, -0.05) is 12.1 Å². The van der Waals surface area contributed by atoms with Gasteiger partial charge in [0.15, 0.2) is 5.78 Å². The second kappa shape index (κ2) is 6.69. The number of nitrogens with one attached hydrogen (secondary N) is 1. The normalized spacial score (nSPS) is 11.2. The molecule has 1 amide bonds. The highest BCUT2D eigenvalue weighted by atomic mass is 19.4. The number of Topliss-reactive ketones (excluding diaryl/α,β-unsaturated/α-hetero) is 1. The second-order valence-corrected chi connectivity index (χ2v) is 5.07. The van der Waals surface area contributed by atoms with Gasteiger partial charge in [-0.25, -0.2) is 0 Å². The van der Waals surface area contributed by atoms with Gasteiger partial charge in [-0.2, -0.15) is 13.2 Å². The van der Waals surface area contributed by atoms with Gasteiger partial charge in [-0.05, 0) is 25.1 Å². The van der Waals surface area contributed by atoms with Gasteiger partial charge in [0.1, 0.15) is 6.54 Å². The minimum atomic E-state index is -4.61. The average molecular weight is 338 g/mol. The van der Waals surface area contributed by atoms with Crippen LogP contribution in [0.4, 0.5) is 18.9 Å². The summed E-state index contributed by atoms with van der Waals surface area (Å²) in [7, 11) is 0. The number of rotatable bonds is 4. The molecule has 1 aromatic carbocycles. The molecule has 0 aliphatic carbocycles. The van der Waals surface area contributed by atoms with Crippen molar-refractivity contribution in [2.75, 3.05) is 5.32 Å². The molecule has 0 saturated heterocycles. The number of benzene rings is 1. The summed E-state index contributed by atoms with van der Waals surface area (Å²) in [5.41, 5.74) is -1.05. The maximum atomic E-state index is 12.7. The van der Waals surface area contributed by atoms with Crippen molar-refractivity contribution in [3.8, 4) is 0 Å². The Morgan fingerprint density at radius 3 is 2.50 bits per heavy atom. The molecular formula is C16H13F3N2O3. The van der Waals surface area contributed by atoms with E-state index in [1.54, 1.807) is 12.1 Å². The molecule has 0 radical (unpaired) electrons. The smallest absolute Gasteiger partial charge is 0.325 e. The topological polar surface area (TPSA) is 68.2 Å². The molecule has 0 aliphatic rings. The van der Waals surface area contributed by atoms with E-state index in [1.807, 2.05) is 0 Å². The van der Waals surface area contributed by atoms with Crippen LogP contribution in [0.15, 0.2) is 47.4 Å². The van der Waals surface area contributed by atoms with E-state index >= 15 is 0 Å². The van der Waals surface area contributed by atoms with Crippen LogP contribution in [0.3, 0.4) is 0 Å². The monoisotopic (exact) mass is 338 g/mol. The molecule has 5 nitrogen and oxygen atoms in total. The Kier molecular flexibility index (Phi) is 4.87. The summed E-state index contributed by atoms with van der Waals surface area (Å²) in [5, 5.41) is 2.44. The van der Waals surface area contributed by atoms with Crippen molar-refractivity contribution in [3.63, 3.8) is 0 Å². The maximum absolute atomic E-state index is 12.7. The van der Waals surface area contributed by atoms with Crippen molar-refractivity contribution in [2.24, 2.45) is 0 Å². The minimum Gasteiger partial charge on any atom is -0.325 e. The number of carbonyl (C=O) groups excluding carboxylic acids is 2. The summed E-state index contributed by atoms with van der Waals surface area (Å²) < 4.78 is 38.6. The molecule has 8 heteroatoms. The van der Waals surface area contributed by atoms with Gasteiger partial charge in [-0.15, -0.1) is 0 Å². The molecule has 0 unspecified atom stereocenters. The molecule has 1 aromatic heterocycles. The largest absolute Gasteiger partial charge is 0.417 e. The Morgan fingerprint density at radius 1 is 1.17 bits per heavy atom. The quantitative estimate of drug-likeness (QED) is 0.872. The van der Waals surface area contributed by atoms with E-state index in [9.17, 15) is 27.6 Å². The molecule has 2 rings (SSSR count). The van der Waals surface area contributed by atoms with Crippen LogP contribution in [0, 0.1) is 0 Å². The zero-order chi connectivity index (χ0) is 17.9. The SMILES string of the molecule is CC(=O)c1cccc(NC(=O)Cn2cc(C(F)(F)F)ccc2=O)c1. The van der Waals surface area contributed by atoms with Crippen LogP contribution in [-0.2, 0) is 17.5 Å². The molecular weight excluding hydrogens is 325 g/mol. The number of hydrogen-bond donors (Lipinski definition) is 1. The molecule has 0 atom stereocenters. The van der Waals surface area contributed by atoms with Crippen molar-refractivity contribution in [2.45, 2.75) is 19.6 Å². The van der Waals surface area contributed by atoms with Gasteiger partial charge in [-0.3, -0.25) is 14.4 Å².